The minimum absolute atomic E-state index is 0.0173. The Morgan fingerprint density at radius 1 is 1.45 bits per heavy atom. The van der Waals surface area contributed by atoms with Crippen LogP contribution in [0.25, 0.3) is 0 Å². The topological polar surface area (TPSA) is 58.6 Å². The molecule has 1 aliphatic heterocycles. The van der Waals surface area contributed by atoms with Crippen LogP contribution >= 0.6 is 0 Å². The van der Waals surface area contributed by atoms with Crippen molar-refractivity contribution in [3.8, 4) is 0 Å². The van der Waals surface area contributed by atoms with Crippen LogP contribution in [-0.4, -0.2) is 29.3 Å². The van der Waals surface area contributed by atoms with E-state index < -0.39 is 11.5 Å². The van der Waals surface area contributed by atoms with Gasteiger partial charge in [-0.3, -0.25) is 0 Å². The van der Waals surface area contributed by atoms with E-state index in [2.05, 4.69) is 19.2 Å². The zero-order valence-corrected chi connectivity index (χ0v) is 12.3. The normalized spacial score (nSPS) is 26.5. The summed E-state index contributed by atoms with van der Waals surface area (Å²) in [4.78, 5) is 11.8. The third kappa shape index (κ3) is 2.96. The van der Waals surface area contributed by atoms with Crippen LogP contribution < -0.4 is 5.32 Å². The average molecular weight is 277 g/mol. The first-order chi connectivity index (χ1) is 9.44. The Balaban J connectivity index is 2.26. The zero-order chi connectivity index (χ0) is 14.8. The summed E-state index contributed by atoms with van der Waals surface area (Å²) in [6.07, 6.45) is 0.963. The van der Waals surface area contributed by atoms with E-state index in [1.807, 2.05) is 31.2 Å². The predicted octanol–water partition coefficient (Wildman–Crippen LogP) is 3.07. The van der Waals surface area contributed by atoms with Crippen molar-refractivity contribution >= 4 is 11.7 Å². The van der Waals surface area contributed by atoms with Crippen LogP contribution in [0.4, 0.5) is 5.69 Å². The maximum atomic E-state index is 11.8. The van der Waals surface area contributed by atoms with Crippen molar-refractivity contribution < 1.29 is 14.6 Å². The summed E-state index contributed by atoms with van der Waals surface area (Å²) >= 11 is 0. The van der Waals surface area contributed by atoms with E-state index in [1.165, 1.54) is 0 Å². The van der Waals surface area contributed by atoms with Crippen molar-refractivity contribution in [2.24, 2.45) is 5.92 Å². The fourth-order valence-corrected chi connectivity index (χ4v) is 2.65. The number of carbonyl (C=O) groups is 1. The molecular formula is C16H23NO3. The third-order valence-corrected chi connectivity index (χ3v) is 4.08. The lowest BCUT2D eigenvalue weighted by atomic mass is 9.83. The zero-order valence-electron chi connectivity index (χ0n) is 12.3. The lowest BCUT2D eigenvalue weighted by Gasteiger charge is -2.40. The summed E-state index contributed by atoms with van der Waals surface area (Å²) in [5.41, 5.74) is 1.01. The molecule has 1 saturated heterocycles. The van der Waals surface area contributed by atoms with E-state index in [1.54, 1.807) is 0 Å². The van der Waals surface area contributed by atoms with Gasteiger partial charge in [0.05, 0.1) is 6.10 Å². The molecule has 110 valence electrons. The minimum Gasteiger partial charge on any atom is -0.480 e. The van der Waals surface area contributed by atoms with E-state index in [-0.39, 0.29) is 6.10 Å². The van der Waals surface area contributed by atoms with Gasteiger partial charge in [0.25, 0.3) is 0 Å². The molecule has 4 heteroatoms. The Kier molecular flexibility index (Phi) is 4.33. The highest BCUT2D eigenvalue weighted by atomic mass is 16.5. The summed E-state index contributed by atoms with van der Waals surface area (Å²) in [6.45, 7) is 6.60. The molecule has 0 bridgehead atoms. The van der Waals surface area contributed by atoms with Gasteiger partial charge in [0.1, 0.15) is 5.54 Å². The van der Waals surface area contributed by atoms with Crippen LogP contribution in [0.1, 0.15) is 32.3 Å². The molecule has 1 aromatic rings. The number of ether oxygens (including phenoxy) is 1. The number of carboxylic acids is 1. The molecule has 1 aliphatic rings. The molecule has 2 rings (SSSR count). The van der Waals surface area contributed by atoms with Crippen molar-refractivity contribution in [2.75, 3.05) is 11.9 Å². The number of para-hydroxylation sites is 1. The second-order valence-electron chi connectivity index (χ2n) is 5.93. The molecule has 1 aromatic carbocycles. The van der Waals surface area contributed by atoms with Gasteiger partial charge in [0.2, 0.25) is 0 Å². The largest absolute Gasteiger partial charge is 0.480 e. The van der Waals surface area contributed by atoms with Crippen LogP contribution in [-0.2, 0) is 9.53 Å². The molecule has 0 aromatic heterocycles. The predicted molar refractivity (Wildman–Crippen MR) is 79.0 cm³/mol. The lowest BCUT2D eigenvalue weighted by molar-refractivity contribution is -0.149. The average Bonchev–Trinajstić information content (AvgIpc) is 2.41. The Labute approximate surface area is 120 Å². The molecular weight excluding hydrogens is 254 g/mol. The minimum atomic E-state index is -0.931. The first-order valence-electron chi connectivity index (χ1n) is 7.13. The summed E-state index contributed by atoms with van der Waals surface area (Å²) in [7, 11) is 0. The maximum Gasteiger partial charge on any atom is 0.329 e. The summed E-state index contributed by atoms with van der Waals surface area (Å²) < 4.78 is 5.71. The molecule has 2 unspecified atom stereocenters. The number of nitrogens with one attached hydrogen (secondary N) is 1. The highest BCUT2D eigenvalue weighted by Gasteiger charge is 2.44. The molecule has 0 spiro atoms. The Morgan fingerprint density at radius 2 is 2.15 bits per heavy atom. The van der Waals surface area contributed by atoms with Crippen LogP contribution in [0.2, 0.25) is 0 Å². The number of carboxylic acid groups (broad SMARTS) is 1. The number of hydrogen-bond acceptors (Lipinski definition) is 3. The van der Waals surface area contributed by atoms with Crippen molar-refractivity contribution in [3.63, 3.8) is 0 Å². The molecule has 0 saturated carbocycles. The molecule has 0 amide bonds. The Hall–Kier alpha value is -1.55. The van der Waals surface area contributed by atoms with Crippen molar-refractivity contribution in [3.05, 3.63) is 29.8 Å². The summed E-state index contributed by atoms with van der Waals surface area (Å²) in [6, 6.07) is 7.79. The quantitative estimate of drug-likeness (QED) is 0.888. The molecule has 0 aliphatic carbocycles. The van der Waals surface area contributed by atoms with Gasteiger partial charge >= 0.3 is 5.97 Å². The SMILES string of the molecule is Cc1ccccc1NC1(C(=O)O)CCOC(C(C)C)C1. The fourth-order valence-electron chi connectivity index (χ4n) is 2.65. The number of benzene rings is 1. The van der Waals surface area contributed by atoms with Gasteiger partial charge < -0.3 is 15.2 Å². The number of aryl methyl sites for hydroxylation is 1. The molecule has 1 fully saturated rings. The van der Waals surface area contributed by atoms with Gasteiger partial charge in [-0.2, -0.15) is 0 Å². The van der Waals surface area contributed by atoms with E-state index in [0.29, 0.717) is 25.4 Å². The van der Waals surface area contributed by atoms with Crippen LogP contribution in [0, 0.1) is 12.8 Å². The van der Waals surface area contributed by atoms with Gasteiger partial charge in [0, 0.05) is 25.1 Å². The Morgan fingerprint density at radius 3 is 2.75 bits per heavy atom. The van der Waals surface area contributed by atoms with E-state index in [9.17, 15) is 9.90 Å². The number of hydrogen-bond donors (Lipinski definition) is 2. The van der Waals surface area contributed by atoms with Crippen molar-refractivity contribution in [2.45, 2.75) is 45.3 Å². The molecule has 0 radical (unpaired) electrons. The van der Waals surface area contributed by atoms with Gasteiger partial charge in [-0.15, -0.1) is 0 Å². The van der Waals surface area contributed by atoms with Crippen LogP contribution in [0.5, 0.6) is 0 Å². The first-order valence-corrected chi connectivity index (χ1v) is 7.13. The van der Waals surface area contributed by atoms with Crippen molar-refractivity contribution in [1.82, 2.24) is 0 Å². The summed E-state index contributed by atoms with van der Waals surface area (Å²) in [5.74, 6) is -0.484. The van der Waals surface area contributed by atoms with Gasteiger partial charge in [-0.1, -0.05) is 32.0 Å². The highest BCUT2D eigenvalue weighted by molar-refractivity contribution is 5.83. The Bertz CT molecular complexity index is 486. The van der Waals surface area contributed by atoms with Gasteiger partial charge in [-0.25, -0.2) is 4.79 Å². The first kappa shape index (κ1) is 14.9. The fraction of sp³-hybridized carbons (Fsp3) is 0.562. The highest BCUT2D eigenvalue weighted by Crippen LogP contribution is 2.33. The van der Waals surface area contributed by atoms with Crippen LogP contribution in [0.15, 0.2) is 24.3 Å². The van der Waals surface area contributed by atoms with Crippen molar-refractivity contribution in [1.29, 1.82) is 0 Å². The third-order valence-electron chi connectivity index (χ3n) is 4.08. The maximum absolute atomic E-state index is 11.8. The van der Waals surface area contributed by atoms with E-state index in [0.717, 1.165) is 11.3 Å². The molecule has 4 nitrogen and oxygen atoms in total. The molecule has 2 N–H and O–H groups in total. The monoisotopic (exact) mass is 277 g/mol. The molecule has 20 heavy (non-hydrogen) atoms. The van der Waals surface area contributed by atoms with E-state index in [4.69, 9.17) is 4.74 Å². The number of anilines is 1. The smallest absolute Gasteiger partial charge is 0.329 e. The summed E-state index contributed by atoms with van der Waals surface area (Å²) in [5, 5.41) is 13.0. The van der Waals surface area contributed by atoms with Gasteiger partial charge in [-0.05, 0) is 24.5 Å². The number of rotatable bonds is 4. The standard InChI is InChI=1S/C16H23NO3/c1-11(2)14-10-16(15(18)19,8-9-20-14)17-13-7-5-4-6-12(13)3/h4-7,11,14,17H,8-10H2,1-3H3,(H,18,19). The number of aliphatic carboxylic acids is 1. The lowest BCUT2D eigenvalue weighted by Crippen LogP contribution is -2.54. The van der Waals surface area contributed by atoms with Crippen LogP contribution in [0.3, 0.4) is 0 Å². The molecule has 1 heterocycles. The second kappa shape index (κ2) is 5.83. The van der Waals surface area contributed by atoms with E-state index >= 15 is 0 Å². The second-order valence-corrected chi connectivity index (χ2v) is 5.93. The van der Waals surface area contributed by atoms with Gasteiger partial charge in [0.15, 0.2) is 0 Å². The molecule has 2 atom stereocenters.